The zero-order valence-electron chi connectivity index (χ0n) is 30.6. The molecule has 0 N–H and O–H groups in total. The predicted molar refractivity (Wildman–Crippen MR) is 185 cm³/mol. The molecule has 6 nitrogen and oxygen atoms in total. The molecule has 0 spiro atoms. The molecule has 0 atom stereocenters. The molecule has 0 saturated carbocycles. The van der Waals surface area contributed by atoms with Gasteiger partial charge in [0, 0.05) is 13.2 Å². The first-order chi connectivity index (χ1) is 21.5. The van der Waals surface area contributed by atoms with Crippen LogP contribution < -0.4 is 20.1 Å². The van der Waals surface area contributed by atoms with Gasteiger partial charge in [0.15, 0.2) is 0 Å². The predicted octanol–water partition coefficient (Wildman–Crippen LogP) is 8.18. The Morgan fingerprint density at radius 3 is 0.600 bits per heavy atom. The van der Waals surface area contributed by atoms with Crippen LogP contribution in [0.25, 0.3) is 0 Å². The fourth-order valence-electron chi connectivity index (χ4n) is 5.10. The van der Waals surface area contributed by atoms with E-state index in [0.717, 1.165) is 25.7 Å². The summed E-state index contributed by atoms with van der Waals surface area (Å²) in [5.74, 6) is 0. The maximum Gasteiger partial charge on any atom is 4.00 e. The Morgan fingerprint density at radius 2 is 0.444 bits per heavy atom. The minimum atomic E-state index is -2.10. The van der Waals surface area contributed by atoms with E-state index in [1.807, 2.05) is 0 Å². The van der Waals surface area contributed by atoms with Crippen molar-refractivity contribution in [1.82, 2.24) is 0 Å². The standard InChI is InChI=1S/2C12H25BO3.C12H26.Os/c2*1-2-3-4-5-6-7-8-9-10-11-12-16-13(14)15;1-3-5-7-9-11-12-10-8-6-4-2;/h2*2-12H2,1H3;3-12H2,1-2H3;/q2*-2;;+4. The fraction of sp³-hybridized carbons (Fsp3) is 1.00. The van der Waals surface area contributed by atoms with Gasteiger partial charge in [-0.3, -0.25) is 0 Å². The Kier molecular flexibility index (Phi) is 59.7. The summed E-state index contributed by atoms with van der Waals surface area (Å²) < 4.78 is 8.81. The minimum Gasteiger partial charge on any atom is -0.871 e. The largest absolute Gasteiger partial charge is 4.00 e. The van der Waals surface area contributed by atoms with E-state index in [4.69, 9.17) is 0 Å². The molecule has 0 aliphatic rings. The quantitative estimate of drug-likeness (QED) is 0.0489. The van der Waals surface area contributed by atoms with Crippen molar-refractivity contribution in [3.8, 4) is 0 Å². The summed E-state index contributed by atoms with van der Waals surface area (Å²) in [5.41, 5.74) is 0. The van der Waals surface area contributed by atoms with Crippen LogP contribution in [0.2, 0.25) is 0 Å². The summed E-state index contributed by atoms with van der Waals surface area (Å²) in [4.78, 5) is 0. The first kappa shape index (κ1) is 52.3. The molecular formula is C36H76B2O6Os. The molecule has 0 unspecified atom stereocenters. The van der Waals surface area contributed by atoms with Gasteiger partial charge < -0.3 is 29.4 Å². The van der Waals surface area contributed by atoms with Gasteiger partial charge in [-0.15, -0.1) is 0 Å². The van der Waals surface area contributed by atoms with Crippen molar-refractivity contribution in [2.24, 2.45) is 0 Å². The Morgan fingerprint density at radius 1 is 0.289 bits per heavy atom. The third kappa shape index (κ3) is 63.8. The maximum absolute atomic E-state index is 10.0. The van der Waals surface area contributed by atoms with Crippen LogP contribution in [0.15, 0.2) is 0 Å². The first-order valence-corrected chi connectivity index (χ1v) is 19.3. The van der Waals surface area contributed by atoms with Gasteiger partial charge >= 0.3 is 19.8 Å². The molecule has 0 heterocycles. The molecule has 0 aromatic rings. The summed E-state index contributed by atoms with van der Waals surface area (Å²) in [6.07, 6.45) is 39.3. The summed E-state index contributed by atoms with van der Waals surface area (Å²) in [5, 5.41) is 40.0. The molecule has 45 heavy (non-hydrogen) atoms. The Hall–Kier alpha value is 0.526. The van der Waals surface area contributed by atoms with Crippen molar-refractivity contribution in [1.29, 1.82) is 0 Å². The van der Waals surface area contributed by atoms with Crippen LogP contribution in [-0.2, 0) is 29.1 Å². The maximum atomic E-state index is 10.0. The van der Waals surface area contributed by atoms with Crippen LogP contribution in [0.5, 0.6) is 0 Å². The van der Waals surface area contributed by atoms with E-state index < -0.39 is 14.6 Å². The Bertz CT molecular complexity index is 425. The van der Waals surface area contributed by atoms with E-state index in [9.17, 15) is 20.1 Å². The molecule has 0 bridgehead atoms. The van der Waals surface area contributed by atoms with Crippen molar-refractivity contribution in [3.05, 3.63) is 0 Å². The van der Waals surface area contributed by atoms with Crippen molar-refractivity contribution >= 4 is 14.6 Å². The van der Waals surface area contributed by atoms with E-state index in [0.29, 0.717) is 13.2 Å². The summed E-state index contributed by atoms with van der Waals surface area (Å²) in [7, 11) is -4.20. The van der Waals surface area contributed by atoms with Gasteiger partial charge in [0.05, 0.1) is 14.6 Å². The van der Waals surface area contributed by atoms with E-state index in [-0.39, 0.29) is 19.8 Å². The SMILES string of the molecule is CCCCCCCCCCCC.CCCCCCCCCCCCOB([O-])[O-].CCCCCCCCCCCCOB([O-])[O-].[Os+4]. The Labute approximate surface area is 296 Å². The summed E-state index contributed by atoms with van der Waals surface area (Å²) >= 11 is 0. The molecule has 0 aliphatic carbocycles. The van der Waals surface area contributed by atoms with Gasteiger partial charge in [0.25, 0.3) is 0 Å². The molecule has 0 aliphatic heterocycles. The van der Waals surface area contributed by atoms with Gasteiger partial charge in [-0.25, -0.2) is 0 Å². The molecule has 0 aromatic heterocycles. The molecule has 0 saturated heterocycles. The zero-order chi connectivity index (χ0) is 33.2. The van der Waals surface area contributed by atoms with Crippen LogP contribution in [-0.4, -0.2) is 27.9 Å². The van der Waals surface area contributed by atoms with Gasteiger partial charge in [0.2, 0.25) is 0 Å². The molecule has 270 valence electrons. The van der Waals surface area contributed by atoms with Gasteiger partial charge in [-0.05, 0) is 12.8 Å². The van der Waals surface area contributed by atoms with Crippen LogP contribution in [0.1, 0.15) is 220 Å². The van der Waals surface area contributed by atoms with E-state index in [2.05, 4.69) is 37.0 Å². The molecule has 0 aromatic carbocycles. The van der Waals surface area contributed by atoms with E-state index >= 15 is 0 Å². The van der Waals surface area contributed by atoms with E-state index in [1.165, 1.54) is 167 Å². The minimum absolute atomic E-state index is 0. The van der Waals surface area contributed by atoms with Crippen LogP contribution in [0.4, 0.5) is 0 Å². The van der Waals surface area contributed by atoms with Gasteiger partial charge in [-0.2, -0.15) is 0 Å². The summed E-state index contributed by atoms with van der Waals surface area (Å²) in [6.45, 7) is 9.68. The van der Waals surface area contributed by atoms with E-state index in [1.54, 1.807) is 0 Å². The average Bonchev–Trinajstić information content (AvgIpc) is 3.00. The normalized spacial score (nSPS) is 10.4. The van der Waals surface area contributed by atoms with Gasteiger partial charge in [-0.1, -0.05) is 207 Å². The van der Waals surface area contributed by atoms with Crippen LogP contribution in [0.3, 0.4) is 0 Å². The van der Waals surface area contributed by atoms with Gasteiger partial charge in [0.1, 0.15) is 0 Å². The van der Waals surface area contributed by atoms with Crippen LogP contribution in [0, 0.1) is 0 Å². The third-order valence-electron chi connectivity index (χ3n) is 7.96. The fourth-order valence-corrected chi connectivity index (χ4v) is 5.10. The monoisotopic (exact) mass is 819 g/mol. The second-order valence-corrected chi connectivity index (χ2v) is 12.5. The number of hydrogen-bond acceptors (Lipinski definition) is 6. The van der Waals surface area contributed by atoms with Crippen molar-refractivity contribution in [2.45, 2.75) is 220 Å². The number of rotatable bonds is 33. The van der Waals surface area contributed by atoms with Crippen molar-refractivity contribution in [3.63, 3.8) is 0 Å². The average molecular weight is 817 g/mol. The smallest absolute Gasteiger partial charge is 0.871 e. The van der Waals surface area contributed by atoms with Crippen molar-refractivity contribution in [2.75, 3.05) is 13.2 Å². The molecule has 9 heteroatoms. The van der Waals surface area contributed by atoms with Crippen molar-refractivity contribution < 1.29 is 49.2 Å². The third-order valence-corrected chi connectivity index (χ3v) is 7.96. The first-order valence-electron chi connectivity index (χ1n) is 19.3. The molecular weight excluding hydrogens is 740 g/mol. The summed E-state index contributed by atoms with van der Waals surface area (Å²) in [6, 6.07) is 0. The topological polar surface area (TPSA) is 111 Å². The second kappa shape index (κ2) is 51.4. The molecule has 0 radical (unpaired) electrons. The Balaban J connectivity index is -0.000000280. The molecule has 0 amide bonds. The zero-order valence-corrected chi connectivity index (χ0v) is 33.1. The number of hydrogen-bond donors (Lipinski definition) is 0. The molecule has 0 rings (SSSR count). The second-order valence-electron chi connectivity index (χ2n) is 12.5. The number of unbranched alkanes of at least 4 members (excludes halogenated alkanes) is 27. The van der Waals surface area contributed by atoms with Crippen LogP contribution >= 0.6 is 0 Å². The molecule has 0 fully saturated rings.